The number of aromatic nitrogens is 2. The van der Waals surface area contributed by atoms with Crippen molar-refractivity contribution in [1.29, 1.82) is 0 Å². The lowest BCUT2D eigenvalue weighted by Gasteiger charge is -2.35. The molecule has 0 amide bonds. The second-order valence-electron chi connectivity index (χ2n) is 7.49. The number of aryl methyl sites for hydroxylation is 1. The first kappa shape index (κ1) is 20.7. The molecule has 0 spiro atoms. The van der Waals surface area contributed by atoms with E-state index in [4.69, 9.17) is 4.74 Å². The number of nitrogens with zero attached hydrogens (tertiary/aromatic N) is 4. The predicted molar refractivity (Wildman–Crippen MR) is 119 cm³/mol. The molecule has 1 aromatic heterocycles. The average Bonchev–Trinajstić information content (AvgIpc) is 3.24. The minimum Gasteiger partial charge on any atom is -0.495 e. The summed E-state index contributed by atoms with van der Waals surface area (Å²) in [6.07, 6.45) is 7.08. The van der Waals surface area contributed by atoms with E-state index in [2.05, 4.69) is 14.8 Å². The fourth-order valence-corrected chi connectivity index (χ4v) is 3.65. The lowest BCUT2D eigenvalue weighted by molar-refractivity contribution is 0.104. The molecule has 0 atom stereocenters. The van der Waals surface area contributed by atoms with Crippen molar-refractivity contribution in [2.75, 3.05) is 38.2 Å². The van der Waals surface area contributed by atoms with Crippen molar-refractivity contribution in [1.82, 2.24) is 14.5 Å². The van der Waals surface area contributed by atoms with Gasteiger partial charge >= 0.3 is 0 Å². The molecule has 1 fully saturated rings. The van der Waals surface area contributed by atoms with Crippen molar-refractivity contribution in [3.63, 3.8) is 0 Å². The van der Waals surface area contributed by atoms with Crippen molar-refractivity contribution < 1.29 is 13.9 Å². The third-order valence-electron chi connectivity index (χ3n) is 5.40. The number of imidazole rings is 1. The first-order chi connectivity index (χ1) is 15.0. The van der Waals surface area contributed by atoms with Crippen LogP contribution in [0.15, 0.2) is 67.3 Å². The number of ketones is 1. The van der Waals surface area contributed by atoms with Gasteiger partial charge in [-0.15, -0.1) is 0 Å². The van der Waals surface area contributed by atoms with Crippen LogP contribution in [0.4, 0.5) is 10.1 Å². The Balaban J connectivity index is 1.38. The molecule has 0 unspecified atom stereocenters. The summed E-state index contributed by atoms with van der Waals surface area (Å²) in [6, 6.07) is 12.0. The van der Waals surface area contributed by atoms with Gasteiger partial charge in [-0.1, -0.05) is 0 Å². The molecule has 1 saturated heterocycles. The molecular formula is C24H25FN4O2. The van der Waals surface area contributed by atoms with E-state index in [1.807, 2.05) is 30.0 Å². The van der Waals surface area contributed by atoms with E-state index in [-0.39, 0.29) is 11.6 Å². The topological polar surface area (TPSA) is 50.6 Å². The Bertz CT molecular complexity index is 1080. The van der Waals surface area contributed by atoms with Crippen LogP contribution in [0.25, 0.3) is 5.69 Å². The Labute approximate surface area is 181 Å². The van der Waals surface area contributed by atoms with Crippen LogP contribution in [0, 0.1) is 12.7 Å². The zero-order valence-corrected chi connectivity index (χ0v) is 17.7. The Hall–Kier alpha value is -3.61. The van der Waals surface area contributed by atoms with E-state index in [9.17, 15) is 9.18 Å². The molecule has 1 aliphatic heterocycles. The normalized spacial score (nSPS) is 14.3. The first-order valence-electron chi connectivity index (χ1n) is 10.2. The lowest BCUT2D eigenvalue weighted by atomic mass is 10.1. The maximum absolute atomic E-state index is 13.1. The van der Waals surface area contributed by atoms with Crippen LogP contribution in [-0.4, -0.2) is 53.5 Å². The molecule has 1 aliphatic rings. The van der Waals surface area contributed by atoms with Crippen molar-refractivity contribution in [2.45, 2.75) is 6.92 Å². The molecule has 0 radical (unpaired) electrons. The van der Waals surface area contributed by atoms with E-state index in [1.54, 1.807) is 43.8 Å². The average molecular weight is 420 g/mol. The zero-order valence-electron chi connectivity index (χ0n) is 17.7. The predicted octanol–water partition coefficient (Wildman–Crippen LogP) is 3.85. The molecule has 0 aliphatic carbocycles. The minimum absolute atomic E-state index is 0.0763. The third kappa shape index (κ3) is 4.77. The van der Waals surface area contributed by atoms with E-state index in [0.29, 0.717) is 11.3 Å². The quantitative estimate of drug-likeness (QED) is 0.448. The highest BCUT2D eigenvalue weighted by Crippen LogP contribution is 2.25. The van der Waals surface area contributed by atoms with E-state index >= 15 is 0 Å². The highest BCUT2D eigenvalue weighted by Gasteiger charge is 2.16. The summed E-state index contributed by atoms with van der Waals surface area (Å²) in [5.74, 6) is 0.311. The molecule has 6 nitrogen and oxygen atoms in total. The fourth-order valence-electron chi connectivity index (χ4n) is 3.65. The molecule has 7 heteroatoms. The number of piperazine rings is 1. The van der Waals surface area contributed by atoms with Crippen molar-refractivity contribution in [3.8, 4) is 11.4 Å². The van der Waals surface area contributed by atoms with Crippen LogP contribution in [0.3, 0.4) is 0 Å². The fraction of sp³-hybridized carbons (Fsp3) is 0.250. The molecule has 0 saturated carbocycles. The molecule has 31 heavy (non-hydrogen) atoms. The summed E-state index contributed by atoms with van der Waals surface area (Å²) < 4.78 is 20.5. The second-order valence-corrected chi connectivity index (χ2v) is 7.49. The van der Waals surface area contributed by atoms with Crippen molar-refractivity contribution >= 4 is 11.5 Å². The van der Waals surface area contributed by atoms with Crippen LogP contribution < -0.4 is 9.64 Å². The number of anilines is 1. The van der Waals surface area contributed by atoms with Gasteiger partial charge in [0, 0.05) is 55.9 Å². The van der Waals surface area contributed by atoms with E-state index in [0.717, 1.165) is 43.2 Å². The summed E-state index contributed by atoms with van der Waals surface area (Å²) in [6.45, 7) is 5.14. The summed E-state index contributed by atoms with van der Waals surface area (Å²) in [7, 11) is 1.59. The van der Waals surface area contributed by atoms with E-state index < -0.39 is 0 Å². The van der Waals surface area contributed by atoms with Gasteiger partial charge in [-0.3, -0.25) is 4.79 Å². The number of ether oxygens (including phenoxy) is 1. The third-order valence-corrected chi connectivity index (χ3v) is 5.40. The van der Waals surface area contributed by atoms with Gasteiger partial charge in [0.2, 0.25) is 0 Å². The van der Waals surface area contributed by atoms with Crippen molar-refractivity contribution in [2.24, 2.45) is 0 Å². The number of carbonyl (C=O) groups is 1. The highest BCUT2D eigenvalue weighted by molar-refractivity contribution is 6.04. The minimum atomic E-state index is -0.228. The number of rotatable bonds is 6. The van der Waals surface area contributed by atoms with Gasteiger partial charge in [0.1, 0.15) is 11.6 Å². The standard InChI is InChI=1S/C24H25FN4O2/c1-18-16-29(17-26-18)22-8-3-19(15-24(22)31-2)23(30)9-10-27-11-13-28(14-12-27)21-6-4-20(25)5-7-21/h3-10,15-17H,11-14H2,1-2H3. The molecule has 4 rings (SSSR count). The number of hydrogen-bond donors (Lipinski definition) is 0. The first-order valence-corrected chi connectivity index (χ1v) is 10.2. The summed E-state index contributed by atoms with van der Waals surface area (Å²) in [5.41, 5.74) is 3.32. The Morgan fingerprint density at radius 2 is 1.84 bits per heavy atom. The monoisotopic (exact) mass is 420 g/mol. The number of methoxy groups -OCH3 is 1. The number of hydrogen-bond acceptors (Lipinski definition) is 5. The van der Waals surface area contributed by atoms with Gasteiger partial charge in [-0.05, 0) is 49.4 Å². The number of benzene rings is 2. The number of allylic oxidation sites excluding steroid dienone is 1. The van der Waals surface area contributed by atoms with Crippen LogP contribution in [0.1, 0.15) is 16.1 Å². The number of carbonyl (C=O) groups excluding carboxylic acids is 1. The van der Waals surface area contributed by atoms with Crippen LogP contribution in [0.5, 0.6) is 5.75 Å². The van der Waals surface area contributed by atoms with E-state index in [1.165, 1.54) is 12.1 Å². The zero-order chi connectivity index (χ0) is 21.8. The number of halogens is 1. The largest absolute Gasteiger partial charge is 0.495 e. The van der Waals surface area contributed by atoms with Gasteiger partial charge < -0.3 is 19.1 Å². The van der Waals surface area contributed by atoms with Gasteiger partial charge in [0.05, 0.1) is 24.8 Å². The van der Waals surface area contributed by atoms with Gasteiger partial charge in [-0.25, -0.2) is 9.37 Å². The Morgan fingerprint density at radius 1 is 1.10 bits per heavy atom. The van der Waals surface area contributed by atoms with Crippen molar-refractivity contribution in [3.05, 3.63) is 84.3 Å². The molecule has 2 heterocycles. The van der Waals surface area contributed by atoms with Gasteiger partial charge in [0.15, 0.2) is 5.78 Å². The van der Waals surface area contributed by atoms with Crippen LogP contribution in [0.2, 0.25) is 0 Å². The molecule has 160 valence electrons. The van der Waals surface area contributed by atoms with Crippen LogP contribution in [-0.2, 0) is 0 Å². The SMILES string of the molecule is COc1cc(C(=O)C=CN2CCN(c3ccc(F)cc3)CC2)ccc1-n1cnc(C)c1. The molecular weight excluding hydrogens is 395 g/mol. The summed E-state index contributed by atoms with van der Waals surface area (Å²) >= 11 is 0. The maximum Gasteiger partial charge on any atom is 0.187 e. The highest BCUT2D eigenvalue weighted by atomic mass is 19.1. The smallest absolute Gasteiger partial charge is 0.187 e. The summed E-state index contributed by atoms with van der Waals surface area (Å²) in [5, 5.41) is 0. The maximum atomic E-state index is 13.1. The second kappa shape index (κ2) is 9.04. The lowest BCUT2D eigenvalue weighted by Crippen LogP contribution is -2.44. The van der Waals surface area contributed by atoms with Gasteiger partial charge in [0.25, 0.3) is 0 Å². The van der Waals surface area contributed by atoms with Gasteiger partial charge in [-0.2, -0.15) is 0 Å². The Morgan fingerprint density at radius 3 is 2.48 bits per heavy atom. The van der Waals surface area contributed by atoms with Crippen LogP contribution >= 0.6 is 0 Å². The molecule has 3 aromatic rings. The molecule has 0 bridgehead atoms. The summed E-state index contributed by atoms with van der Waals surface area (Å²) in [4.78, 5) is 21.3. The Kier molecular flexibility index (Phi) is 6.02. The molecule has 2 aromatic carbocycles. The molecule has 0 N–H and O–H groups in total.